The van der Waals surface area contributed by atoms with E-state index in [0.717, 1.165) is 16.5 Å². The number of rotatable bonds is 5. The summed E-state index contributed by atoms with van der Waals surface area (Å²) in [7, 11) is 0. The van der Waals surface area contributed by atoms with Crippen molar-refractivity contribution in [3.05, 3.63) is 47.0 Å². The van der Waals surface area contributed by atoms with Crippen molar-refractivity contribution in [1.29, 1.82) is 0 Å². The summed E-state index contributed by atoms with van der Waals surface area (Å²) in [5.74, 6) is 1.84. The van der Waals surface area contributed by atoms with Crippen LogP contribution in [0.1, 0.15) is 19.4 Å². The lowest BCUT2D eigenvalue weighted by Crippen LogP contribution is -1.95. The fourth-order valence-corrected chi connectivity index (χ4v) is 2.80. The van der Waals surface area contributed by atoms with Gasteiger partial charge in [0, 0.05) is 17.2 Å². The van der Waals surface area contributed by atoms with Gasteiger partial charge in [-0.05, 0) is 44.5 Å². The molecule has 0 saturated carbocycles. The van der Waals surface area contributed by atoms with Crippen molar-refractivity contribution in [2.45, 2.75) is 20.8 Å². The van der Waals surface area contributed by atoms with Gasteiger partial charge < -0.3 is 14.6 Å². The molecule has 0 fully saturated rings. The number of halogens is 1. The Morgan fingerprint density at radius 1 is 1.00 bits per heavy atom. The number of aromatic hydroxyl groups is 1. The Kier molecular flexibility index (Phi) is 5.00. The Labute approximate surface area is 151 Å². The molecule has 1 aromatic heterocycles. The Morgan fingerprint density at radius 2 is 1.72 bits per heavy atom. The highest BCUT2D eigenvalue weighted by atomic mass is 35.5. The summed E-state index contributed by atoms with van der Waals surface area (Å²) in [6.07, 6.45) is 0. The summed E-state index contributed by atoms with van der Waals surface area (Å²) in [5.41, 5.74) is 2.41. The SMILES string of the molecule is CCOc1cc(-c2cc(OCC)c3cc(Cl)c(C)cc3[o+]2)ccc1O. The monoisotopic (exact) mass is 359 g/mol. The molecule has 0 radical (unpaired) electrons. The molecule has 0 spiro atoms. The molecule has 4 nitrogen and oxygen atoms in total. The van der Waals surface area contributed by atoms with E-state index in [1.54, 1.807) is 18.2 Å². The lowest BCUT2D eigenvalue weighted by atomic mass is 10.1. The minimum absolute atomic E-state index is 0.0963. The minimum atomic E-state index is 0.0963. The quantitative estimate of drug-likeness (QED) is 0.581. The van der Waals surface area contributed by atoms with Crippen LogP contribution < -0.4 is 9.47 Å². The maximum absolute atomic E-state index is 9.90. The third-order valence-electron chi connectivity index (χ3n) is 3.85. The molecule has 0 bridgehead atoms. The first-order chi connectivity index (χ1) is 12.0. The maximum atomic E-state index is 9.90. The lowest BCUT2D eigenvalue weighted by Gasteiger charge is -2.07. The second-order valence-corrected chi connectivity index (χ2v) is 6.03. The van der Waals surface area contributed by atoms with Crippen LogP contribution in [0.5, 0.6) is 17.2 Å². The van der Waals surface area contributed by atoms with Crippen LogP contribution in [0.2, 0.25) is 5.02 Å². The second-order valence-electron chi connectivity index (χ2n) is 5.62. The lowest BCUT2D eigenvalue weighted by molar-refractivity contribution is 0.318. The van der Waals surface area contributed by atoms with Crippen molar-refractivity contribution in [3.8, 4) is 28.6 Å². The zero-order valence-corrected chi connectivity index (χ0v) is 15.2. The first kappa shape index (κ1) is 17.4. The summed E-state index contributed by atoms with van der Waals surface area (Å²) in [4.78, 5) is 0. The van der Waals surface area contributed by atoms with Crippen LogP contribution in [0.4, 0.5) is 0 Å². The van der Waals surface area contributed by atoms with E-state index in [9.17, 15) is 5.11 Å². The van der Waals surface area contributed by atoms with Crippen LogP contribution in [0, 0.1) is 6.92 Å². The number of ether oxygens (including phenoxy) is 2. The van der Waals surface area contributed by atoms with E-state index in [1.807, 2.05) is 39.0 Å². The van der Waals surface area contributed by atoms with Gasteiger partial charge in [-0.3, -0.25) is 0 Å². The highest BCUT2D eigenvalue weighted by Gasteiger charge is 2.22. The molecule has 130 valence electrons. The highest BCUT2D eigenvalue weighted by Crippen LogP contribution is 2.38. The van der Waals surface area contributed by atoms with Gasteiger partial charge in [-0.15, -0.1) is 0 Å². The maximum Gasteiger partial charge on any atom is 0.364 e. The van der Waals surface area contributed by atoms with Crippen LogP contribution >= 0.6 is 11.6 Å². The molecule has 25 heavy (non-hydrogen) atoms. The smallest absolute Gasteiger partial charge is 0.364 e. The van der Waals surface area contributed by atoms with E-state index in [-0.39, 0.29) is 5.75 Å². The average molecular weight is 360 g/mol. The van der Waals surface area contributed by atoms with E-state index in [4.69, 9.17) is 25.5 Å². The van der Waals surface area contributed by atoms with Crippen molar-refractivity contribution in [3.63, 3.8) is 0 Å². The van der Waals surface area contributed by atoms with Crippen molar-refractivity contribution >= 4 is 22.6 Å². The molecule has 3 aromatic rings. The van der Waals surface area contributed by atoms with Gasteiger partial charge in [0.1, 0.15) is 11.1 Å². The fourth-order valence-electron chi connectivity index (χ4n) is 2.63. The molecule has 2 aromatic carbocycles. The Bertz CT molecular complexity index is 921. The molecule has 0 atom stereocenters. The normalized spacial score (nSPS) is 10.9. The van der Waals surface area contributed by atoms with E-state index >= 15 is 0 Å². The van der Waals surface area contributed by atoms with Gasteiger partial charge in [0.2, 0.25) is 0 Å². The molecule has 0 aliphatic heterocycles. The number of phenolic OH excluding ortho intramolecular Hbond substituents is 1. The van der Waals surface area contributed by atoms with Gasteiger partial charge in [-0.1, -0.05) is 11.6 Å². The first-order valence-electron chi connectivity index (χ1n) is 8.19. The van der Waals surface area contributed by atoms with Gasteiger partial charge in [-0.25, -0.2) is 4.42 Å². The molecule has 5 heteroatoms. The summed E-state index contributed by atoms with van der Waals surface area (Å²) in [6, 6.07) is 10.7. The summed E-state index contributed by atoms with van der Waals surface area (Å²) < 4.78 is 17.3. The summed E-state index contributed by atoms with van der Waals surface area (Å²) in [6.45, 7) is 6.72. The van der Waals surface area contributed by atoms with Gasteiger partial charge in [-0.2, -0.15) is 0 Å². The molecule has 0 aliphatic rings. The van der Waals surface area contributed by atoms with E-state index in [1.165, 1.54) is 0 Å². The number of hydrogen-bond acceptors (Lipinski definition) is 3. The zero-order chi connectivity index (χ0) is 18.0. The molecule has 0 unspecified atom stereocenters. The van der Waals surface area contributed by atoms with Gasteiger partial charge in [0.25, 0.3) is 0 Å². The van der Waals surface area contributed by atoms with Gasteiger partial charge >= 0.3 is 11.3 Å². The highest BCUT2D eigenvalue weighted by molar-refractivity contribution is 6.32. The van der Waals surface area contributed by atoms with Crippen LogP contribution in [0.3, 0.4) is 0 Å². The third-order valence-corrected chi connectivity index (χ3v) is 4.26. The number of benzene rings is 2. The number of hydrogen-bond donors (Lipinski definition) is 1. The largest absolute Gasteiger partial charge is 0.504 e. The molecule has 0 aliphatic carbocycles. The summed E-state index contributed by atoms with van der Waals surface area (Å²) >= 11 is 6.25. The van der Waals surface area contributed by atoms with Crippen LogP contribution in [0.25, 0.3) is 22.3 Å². The van der Waals surface area contributed by atoms with Crippen molar-refractivity contribution < 1.29 is 19.0 Å². The van der Waals surface area contributed by atoms with E-state index in [2.05, 4.69) is 0 Å². The average Bonchev–Trinajstić information content (AvgIpc) is 2.59. The Hall–Kier alpha value is -2.46. The molecular weight excluding hydrogens is 340 g/mol. The van der Waals surface area contributed by atoms with E-state index in [0.29, 0.717) is 41.1 Å². The predicted octanol–water partition coefficient (Wildman–Crippen LogP) is 5.85. The van der Waals surface area contributed by atoms with Crippen molar-refractivity contribution in [2.75, 3.05) is 13.2 Å². The second kappa shape index (κ2) is 7.19. The van der Waals surface area contributed by atoms with Crippen LogP contribution in [0.15, 0.2) is 40.8 Å². The summed E-state index contributed by atoms with van der Waals surface area (Å²) in [5, 5.41) is 11.4. The molecule has 3 rings (SSSR count). The minimum Gasteiger partial charge on any atom is -0.504 e. The predicted molar refractivity (Wildman–Crippen MR) is 99.8 cm³/mol. The fraction of sp³-hybridized carbons (Fsp3) is 0.250. The van der Waals surface area contributed by atoms with Gasteiger partial charge in [0.05, 0.1) is 24.8 Å². The van der Waals surface area contributed by atoms with Crippen LogP contribution in [-0.4, -0.2) is 18.3 Å². The molecule has 1 N–H and O–H groups in total. The topological polar surface area (TPSA) is 50.0 Å². The number of phenols is 1. The third kappa shape index (κ3) is 3.49. The Balaban J connectivity index is 2.19. The van der Waals surface area contributed by atoms with Gasteiger partial charge in [0.15, 0.2) is 11.5 Å². The molecular formula is C20H20ClO4+. The first-order valence-corrected chi connectivity index (χ1v) is 8.57. The number of fused-ring (bicyclic) bond motifs is 1. The molecule has 1 heterocycles. The van der Waals surface area contributed by atoms with E-state index < -0.39 is 0 Å². The number of aryl methyl sites for hydroxylation is 1. The van der Waals surface area contributed by atoms with Crippen LogP contribution in [-0.2, 0) is 0 Å². The van der Waals surface area contributed by atoms with Crippen molar-refractivity contribution in [1.82, 2.24) is 0 Å². The Morgan fingerprint density at radius 3 is 2.44 bits per heavy atom. The zero-order valence-electron chi connectivity index (χ0n) is 14.4. The molecule has 0 saturated heterocycles. The molecule has 0 amide bonds. The standard InChI is InChI=1S/C20H19ClO4/c1-4-23-18-11-17(13-6-7-16(22)20(9-13)24-5-2)25-19-8-12(3)15(21)10-14(18)19/h6-11H,4-5H2,1-3H3/p+1. The van der Waals surface area contributed by atoms with Crippen molar-refractivity contribution in [2.24, 2.45) is 0 Å².